The number of amides is 4. The molecule has 1 aliphatic rings. The zero-order valence-electron chi connectivity index (χ0n) is 32.1. The lowest BCUT2D eigenvalue weighted by atomic mass is 9.91. The number of alkyl carbamates (subject to hydrolysis) is 2. The first-order valence-electron chi connectivity index (χ1n) is 18.9. The molecular formula is C42H57N5O7. The van der Waals surface area contributed by atoms with Crippen molar-refractivity contribution in [1.29, 1.82) is 0 Å². The lowest BCUT2D eigenvalue weighted by molar-refractivity contribution is -0.126. The molecule has 1 fully saturated rings. The van der Waals surface area contributed by atoms with Crippen LogP contribution >= 0.6 is 0 Å². The van der Waals surface area contributed by atoms with E-state index in [0.717, 1.165) is 36.1 Å². The summed E-state index contributed by atoms with van der Waals surface area (Å²) in [5, 5.41) is 23.6. The van der Waals surface area contributed by atoms with Crippen molar-refractivity contribution in [2.75, 3.05) is 20.2 Å². The van der Waals surface area contributed by atoms with Gasteiger partial charge in [0.05, 0.1) is 18.2 Å². The first-order valence-corrected chi connectivity index (χ1v) is 18.9. The molecular weight excluding hydrogens is 686 g/mol. The summed E-state index contributed by atoms with van der Waals surface area (Å²) >= 11 is 0. The molecule has 12 nitrogen and oxygen atoms in total. The minimum absolute atomic E-state index is 0.0388. The summed E-state index contributed by atoms with van der Waals surface area (Å²) in [6.45, 7) is 8.46. The van der Waals surface area contributed by atoms with E-state index in [1.165, 1.54) is 0 Å². The molecule has 4 unspecified atom stereocenters. The lowest BCUT2D eigenvalue weighted by Crippen LogP contribution is -2.61. The summed E-state index contributed by atoms with van der Waals surface area (Å²) in [6, 6.07) is 24.5. The quantitative estimate of drug-likeness (QED) is 0.127. The molecule has 1 aliphatic heterocycles. The fourth-order valence-electron chi connectivity index (χ4n) is 6.57. The number of aliphatic hydroxyl groups excluding tert-OH is 1. The monoisotopic (exact) mass is 743 g/mol. The molecule has 0 bridgehead atoms. The molecule has 4 rings (SSSR count). The van der Waals surface area contributed by atoms with Crippen LogP contribution in [0, 0.1) is 11.8 Å². The Morgan fingerprint density at radius 1 is 0.667 bits per heavy atom. The second-order valence-corrected chi connectivity index (χ2v) is 14.8. The minimum atomic E-state index is -1.30. The maximum atomic E-state index is 14.0. The SMILES string of the molecule is CC(C)[C@H](NC(=O)OCc1ccccc1)C(=O)NC(Cc1ccccc1)C(O)C(Cc1ccccc1)NC(=O)[C@@H](NC(=O)OCC1CCCN1C)C(C)C. The van der Waals surface area contributed by atoms with Gasteiger partial charge in [0.1, 0.15) is 25.3 Å². The van der Waals surface area contributed by atoms with Gasteiger partial charge in [-0.1, -0.05) is 119 Å². The van der Waals surface area contributed by atoms with E-state index in [1.54, 1.807) is 13.8 Å². The van der Waals surface area contributed by atoms with E-state index < -0.39 is 54.3 Å². The Morgan fingerprint density at radius 2 is 1.09 bits per heavy atom. The zero-order chi connectivity index (χ0) is 39.0. The van der Waals surface area contributed by atoms with Gasteiger partial charge in [0.25, 0.3) is 0 Å². The van der Waals surface area contributed by atoms with Crippen molar-refractivity contribution >= 4 is 24.0 Å². The smallest absolute Gasteiger partial charge is 0.408 e. The van der Waals surface area contributed by atoms with Crippen molar-refractivity contribution in [3.05, 3.63) is 108 Å². The number of carbonyl (C=O) groups excluding carboxylic acids is 4. The number of likely N-dealkylation sites (tertiary alicyclic amines) is 1. The van der Waals surface area contributed by atoms with E-state index in [4.69, 9.17) is 9.47 Å². The number of nitrogens with one attached hydrogen (secondary N) is 4. The van der Waals surface area contributed by atoms with Crippen molar-refractivity contribution < 1.29 is 33.8 Å². The molecule has 5 N–H and O–H groups in total. The molecule has 4 amide bonds. The van der Waals surface area contributed by atoms with E-state index in [-0.39, 0.29) is 43.9 Å². The van der Waals surface area contributed by atoms with E-state index in [2.05, 4.69) is 26.2 Å². The standard InChI is InChI=1S/C42H57N5O7/c1-28(2)36(45-41(51)53-26-32-20-13-8-14-21-32)39(49)43-34(24-30-16-9-6-10-17-30)38(48)35(25-31-18-11-7-12-19-31)44-40(50)37(29(3)4)46-42(52)54-27-33-22-15-23-47(33)5/h6-14,16-21,28-29,33-38,48H,15,22-27H2,1-5H3,(H,43,49)(H,44,50)(H,45,51)(H,46,52)/t33?,34?,35?,36-,37-,38?/m0/s1. The summed E-state index contributed by atoms with van der Waals surface area (Å²) in [4.78, 5) is 55.8. The average Bonchev–Trinajstić information content (AvgIpc) is 3.58. The largest absolute Gasteiger partial charge is 0.448 e. The Labute approximate surface area is 319 Å². The molecule has 0 aliphatic carbocycles. The van der Waals surface area contributed by atoms with Gasteiger partial charge in [0.2, 0.25) is 11.8 Å². The van der Waals surface area contributed by atoms with Crippen molar-refractivity contribution in [1.82, 2.24) is 26.2 Å². The van der Waals surface area contributed by atoms with Crippen LogP contribution in [0.15, 0.2) is 91.0 Å². The number of nitrogens with zero attached hydrogens (tertiary/aromatic N) is 1. The Morgan fingerprint density at radius 3 is 1.50 bits per heavy atom. The van der Waals surface area contributed by atoms with Gasteiger partial charge in [0, 0.05) is 6.04 Å². The van der Waals surface area contributed by atoms with E-state index in [0.29, 0.717) is 0 Å². The maximum Gasteiger partial charge on any atom is 0.408 e. The fraction of sp³-hybridized carbons (Fsp3) is 0.476. The van der Waals surface area contributed by atoms with E-state index >= 15 is 0 Å². The number of hydrogen-bond acceptors (Lipinski definition) is 8. The summed E-state index contributed by atoms with van der Waals surface area (Å²) in [7, 11) is 2.00. The highest BCUT2D eigenvalue weighted by molar-refractivity contribution is 5.87. The van der Waals surface area contributed by atoms with Crippen molar-refractivity contribution in [2.45, 2.75) is 96.3 Å². The normalized spacial score (nSPS) is 17.1. The molecule has 12 heteroatoms. The fourth-order valence-corrected chi connectivity index (χ4v) is 6.57. The van der Waals surface area contributed by atoms with Gasteiger partial charge in [-0.15, -0.1) is 0 Å². The molecule has 3 aromatic rings. The Kier molecular flexibility index (Phi) is 16.3. The molecule has 0 aromatic heterocycles. The Balaban J connectivity index is 1.53. The molecule has 6 atom stereocenters. The Bertz CT molecular complexity index is 1610. The lowest BCUT2D eigenvalue weighted by Gasteiger charge is -2.34. The molecule has 0 spiro atoms. The molecule has 0 radical (unpaired) electrons. The average molecular weight is 744 g/mol. The topological polar surface area (TPSA) is 158 Å². The van der Waals surface area contributed by atoms with Crippen molar-refractivity contribution in [2.24, 2.45) is 11.8 Å². The molecule has 54 heavy (non-hydrogen) atoms. The predicted octanol–water partition coefficient (Wildman–Crippen LogP) is 4.60. The van der Waals surface area contributed by atoms with Crippen LogP contribution in [0.2, 0.25) is 0 Å². The molecule has 292 valence electrons. The predicted molar refractivity (Wildman–Crippen MR) is 207 cm³/mol. The van der Waals surface area contributed by atoms with Crippen molar-refractivity contribution in [3.8, 4) is 0 Å². The third kappa shape index (κ3) is 13.2. The Hall–Kier alpha value is -4.94. The number of ether oxygens (including phenoxy) is 2. The second-order valence-electron chi connectivity index (χ2n) is 14.8. The first-order chi connectivity index (χ1) is 25.9. The van der Waals surface area contributed by atoms with Gasteiger partial charge in [-0.3, -0.25) is 9.59 Å². The molecule has 0 saturated carbocycles. The second kappa shape index (κ2) is 21.1. The highest BCUT2D eigenvalue weighted by atomic mass is 16.6. The van der Waals surface area contributed by atoms with Crippen LogP contribution in [0.4, 0.5) is 9.59 Å². The van der Waals surface area contributed by atoms with Crippen LogP contribution < -0.4 is 21.3 Å². The number of benzene rings is 3. The van der Waals surface area contributed by atoms with E-state index in [1.807, 2.05) is 112 Å². The highest BCUT2D eigenvalue weighted by Gasteiger charge is 2.36. The summed E-state index contributed by atoms with van der Waals surface area (Å²) in [5.41, 5.74) is 2.50. The van der Waals surface area contributed by atoms with Gasteiger partial charge in [-0.25, -0.2) is 9.59 Å². The maximum absolute atomic E-state index is 14.0. The van der Waals surface area contributed by atoms with Crippen LogP contribution in [0.5, 0.6) is 0 Å². The van der Waals surface area contributed by atoms with Crippen LogP contribution in [-0.4, -0.2) is 90.5 Å². The molecule has 1 saturated heterocycles. The summed E-state index contributed by atoms with van der Waals surface area (Å²) < 4.78 is 10.9. The number of carbonyl (C=O) groups is 4. The van der Waals surface area contributed by atoms with Crippen LogP contribution in [0.25, 0.3) is 0 Å². The van der Waals surface area contributed by atoms with Gasteiger partial charge >= 0.3 is 12.2 Å². The molecule has 1 heterocycles. The van der Waals surface area contributed by atoms with Crippen LogP contribution in [0.3, 0.4) is 0 Å². The van der Waals surface area contributed by atoms with Crippen molar-refractivity contribution in [3.63, 3.8) is 0 Å². The van der Waals surface area contributed by atoms with Crippen LogP contribution in [-0.2, 0) is 38.5 Å². The zero-order valence-corrected chi connectivity index (χ0v) is 32.1. The third-order valence-electron chi connectivity index (χ3n) is 9.81. The summed E-state index contributed by atoms with van der Waals surface area (Å²) in [5.74, 6) is -1.63. The first kappa shape index (κ1) is 41.8. The van der Waals surface area contributed by atoms with Crippen LogP contribution in [0.1, 0.15) is 57.2 Å². The van der Waals surface area contributed by atoms with E-state index in [9.17, 15) is 24.3 Å². The van der Waals surface area contributed by atoms with Gasteiger partial charge in [0.15, 0.2) is 0 Å². The van der Waals surface area contributed by atoms with Gasteiger partial charge in [-0.2, -0.15) is 0 Å². The van der Waals surface area contributed by atoms with Gasteiger partial charge in [-0.05, 0) is 67.8 Å². The number of aliphatic hydroxyl groups is 1. The number of rotatable bonds is 18. The summed E-state index contributed by atoms with van der Waals surface area (Å²) in [6.07, 6.45) is -0.299. The molecule has 3 aromatic carbocycles. The highest BCUT2D eigenvalue weighted by Crippen LogP contribution is 2.17. The number of likely N-dealkylation sites (N-methyl/N-ethyl adjacent to an activating group) is 1. The number of hydrogen-bond donors (Lipinski definition) is 5. The third-order valence-corrected chi connectivity index (χ3v) is 9.81. The minimum Gasteiger partial charge on any atom is -0.448 e. The van der Waals surface area contributed by atoms with Gasteiger partial charge < -0.3 is 40.7 Å².